The lowest BCUT2D eigenvalue weighted by atomic mass is 9.93. The number of benzene rings is 1. The van der Waals surface area contributed by atoms with Gasteiger partial charge in [0, 0.05) is 16.0 Å². The van der Waals surface area contributed by atoms with Crippen LogP contribution in [0.1, 0.15) is 19.4 Å². The number of hydrogen-bond acceptors (Lipinski definition) is 3. The lowest BCUT2D eigenvalue weighted by Gasteiger charge is -2.22. The number of anilines is 1. The Bertz CT molecular complexity index is 591. The van der Waals surface area contributed by atoms with E-state index >= 15 is 0 Å². The number of hydrogen-bond donors (Lipinski definition) is 2. The van der Waals surface area contributed by atoms with Crippen LogP contribution in [0.15, 0.2) is 18.3 Å². The fourth-order valence-corrected chi connectivity index (χ4v) is 2.49. The molecule has 0 radical (unpaired) electrons. The van der Waals surface area contributed by atoms with E-state index in [2.05, 4.69) is 4.98 Å². The maximum atomic E-state index is 10.2. The maximum Gasteiger partial charge on any atom is 0.0868 e. The number of pyridine rings is 1. The van der Waals surface area contributed by atoms with Crippen LogP contribution in [0.25, 0.3) is 10.9 Å². The highest BCUT2D eigenvalue weighted by molar-refractivity contribution is 6.38. The van der Waals surface area contributed by atoms with E-state index in [0.717, 1.165) is 0 Å². The quantitative estimate of drug-likeness (QED) is 0.836. The normalized spacial score (nSPS) is 12.1. The SMILES string of the molecule is CC(C)(O)c1c(N)cnc2cc(Cl)cc(Cl)c12. The third-order valence-corrected chi connectivity index (χ3v) is 3.04. The Morgan fingerprint density at radius 2 is 1.94 bits per heavy atom. The summed E-state index contributed by atoms with van der Waals surface area (Å²) in [6.45, 7) is 3.31. The van der Waals surface area contributed by atoms with E-state index in [-0.39, 0.29) is 0 Å². The average Bonchev–Trinajstić information content (AvgIpc) is 2.16. The van der Waals surface area contributed by atoms with Gasteiger partial charge in [0.2, 0.25) is 0 Å². The summed E-state index contributed by atoms with van der Waals surface area (Å²) in [4.78, 5) is 4.17. The van der Waals surface area contributed by atoms with E-state index in [0.29, 0.717) is 32.2 Å². The van der Waals surface area contributed by atoms with Crippen molar-refractivity contribution in [1.29, 1.82) is 0 Å². The summed E-state index contributed by atoms with van der Waals surface area (Å²) in [5.41, 5.74) is 6.37. The molecular formula is C12H12Cl2N2O. The van der Waals surface area contributed by atoms with Crippen LogP contribution in [0.2, 0.25) is 10.0 Å². The van der Waals surface area contributed by atoms with Crippen molar-refractivity contribution in [2.24, 2.45) is 0 Å². The largest absolute Gasteiger partial charge is 0.397 e. The van der Waals surface area contributed by atoms with Gasteiger partial charge in [-0.1, -0.05) is 23.2 Å². The van der Waals surface area contributed by atoms with E-state index in [1.807, 2.05) is 0 Å². The maximum absolute atomic E-state index is 10.2. The fraction of sp³-hybridized carbons (Fsp3) is 0.250. The number of aliphatic hydroxyl groups is 1. The highest BCUT2D eigenvalue weighted by Crippen LogP contribution is 2.37. The van der Waals surface area contributed by atoms with Crippen LogP contribution in [0.5, 0.6) is 0 Å². The summed E-state index contributed by atoms with van der Waals surface area (Å²) in [5.74, 6) is 0. The van der Waals surface area contributed by atoms with Gasteiger partial charge in [-0.25, -0.2) is 0 Å². The van der Waals surface area contributed by atoms with Gasteiger partial charge in [0.25, 0.3) is 0 Å². The third kappa shape index (κ3) is 2.18. The zero-order valence-corrected chi connectivity index (χ0v) is 11.0. The Balaban J connectivity index is 2.95. The van der Waals surface area contributed by atoms with E-state index < -0.39 is 5.60 Å². The van der Waals surface area contributed by atoms with Crippen molar-refractivity contribution >= 4 is 39.8 Å². The topological polar surface area (TPSA) is 59.1 Å². The molecule has 90 valence electrons. The molecule has 1 aromatic heterocycles. The molecule has 0 aliphatic rings. The van der Waals surface area contributed by atoms with Crippen LogP contribution in [0.3, 0.4) is 0 Å². The Labute approximate surface area is 109 Å². The van der Waals surface area contributed by atoms with Crippen molar-refractivity contribution in [2.75, 3.05) is 5.73 Å². The molecule has 0 amide bonds. The number of halogens is 2. The first-order valence-corrected chi connectivity index (χ1v) is 5.82. The van der Waals surface area contributed by atoms with Gasteiger partial charge in [0.1, 0.15) is 0 Å². The molecule has 1 aromatic carbocycles. The van der Waals surface area contributed by atoms with Crippen molar-refractivity contribution in [3.63, 3.8) is 0 Å². The number of aromatic nitrogens is 1. The van der Waals surface area contributed by atoms with Crippen LogP contribution in [-0.2, 0) is 5.60 Å². The molecule has 0 saturated heterocycles. The number of rotatable bonds is 1. The Morgan fingerprint density at radius 1 is 1.29 bits per heavy atom. The molecule has 0 saturated carbocycles. The van der Waals surface area contributed by atoms with Gasteiger partial charge in [-0.05, 0) is 26.0 Å². The van der Waals surface area contributed by atoms with Gasteiger partial charge in [-0.15, -0.1) is 0 Å². The third-order valence-electron chi connectivity index (χ3n) is 2.53. The second kappa shape index (κ2) is 4.02. The number of nitrogens with zero attached hydrogens (tertiary/aromatic N) is 1. The molecule has 5 heteroatoms. The molecule has 0 unspecified atom stereocenters. The summed E-state index contributed by atoms with van der Waals surface area (Å²) in [6.07, 6.45) is 1.50. The van der Waals surface area contributed by atoms with Crippen molar-refractivity contribution in [2.45, 2.75) is 19.4 Å². The summed E-state index contributed by atoms with van der Waals surface area (Å²) in [5, 5.41) is 11.7. The summed E-state index contributed by atoms with van der Waals surface area (Å²) >= 11 is 12.1. The predicted molar refractivity (Wildman–Crippen MR) is 71.4 cm³/mol. The van der Waals surface area contributed by atoms with Crippen molar-refractivity contribution in [3.8, 4) is 0 Å². The molecule has 0 aliphatic carbocycles. The Morgan fingerprint density at radius 3 is 2.53 bits per heavy atom. The van der Waals surface area contributed by atoms with E-state index in [1.54, 1.807) is 26.0 Å². The van der Waals surface area contributed by atoms with E-state index in [4.69, 9.17) is 28.9 Å². The molecule has 2 rings (SSSR count). The standard InChI is InChI=1S/C12H12Cl2N2O/c1-12(2,17)11-8(15)5-16-9-4-6(13)3-7(14)10(9)11/h3-5,17H,15H2,1-2H3. The minimum Gasteiger partial charge on any atom is -0.397 e. The lowest BCUT2D eigenvalue weighted by molar-refractivity contribution is 0.0809. The van der Waals surface area contributed by atoms with Crippen LogP contribution in [-0.4, -0.2) is 10.1 Å². The molecule has 0 spiro atoms. The van der Waals surface area contributed by atoms with E-state index in [9.17, 15) is 5.11 Å². The zero-order valence-electron chi connectivity index (χ0n) is 9.46. The highest BCUT2D eigenvalue weighted by atomic mass is 35.5. The first-order chi connectivity index (χ1) is 7.80. The summed E-state index contributed by atoms with van der Waals surface area (Å²) in [6, 6.07) is 3.30. The molecule has 0 fully saturated rings. The lowest BCUT2D eigenvalue weighted by Crippen LogP contribution is -2.18. The number of nitrogen functional groups attached to an aromatic ring is 1. The molecule has 1 heterocycles. The second-order valence-corrected chi connectivity index (χ2v) is 5.27. The molecule has 2 aromatic rings. The summed E-state index contributed by atoms with van der Waals surface area (Å²) in [7, 11) is 0. The first kappa shape index (κ1) is 12.4. The van der Waals surface area contributed by atoms with Gasteiger partial charge in [0.05, 0.1) is 28.0 Å². The zero-order chi connectivity index (χ0) is 12.8. The van der Waals surface area contributed by atoms with Gasteiger partial charge < -0.3 is 10.8 Å². The van der Waals surface area contributed by atoms with Crippen molar-refractivity contribution < 1.29 is 5.11 Å². The van der Waals surface area contributed by atoms with Gasteiger partial charge >= 0.3 is 0 Å². The molecule has 0 aliphatic heterocycles. The minimum atomic E-state index is -1.09. The monoisotopic (exact) mass is 270 g/mol. The Kier molecular flexibility index (Phi) is 2.94. The molecule has 0 atom stereocenters. The number of fused-ring (bicyclic) bond motifs is 1. The first-order valence-electron chi connectivity index (χ1n) is 5.07. The van der Waals surface area contributed by atoms with Gasteiger partial charge in [-0.3, -0.25) is 4.98 Å². The van der Waals surface area contributed by atoms with E-state index in [1.165, 1.54) is 6.20 Å². The van der Waals surface area contributed by atoms with Crippen LogP contribution >= 0.6 is 23.2 Å². The minimum absolute atomic E-state index is 0.411. The van der Waals surface area contributed by atoms with Crippen molar-refractivity contribution in [1.82, 2.24) is 4.98 Å². The Hall–Kier alpha value is -1.03. The average molecular weight is 271 g/mol. The molecule has 3 nitrogen and oxygen atoms in total. The van der Waals surface area contributed by atoms with Crippen LogP contribution in [0.4, 0.5) is 5.69 Å². The van der Waals surface area contributed by atoms with Crippen molar-refractivity contribution in [3.05, 3.63) is 33.9 Å². The molecule has 3 N–H and O–H groups in total. The number of nitrogens with two attached hydrogens (primary N) is 1. The molecule has 0 bridgehead atoms. The van der Waals surface area contributed by atoms with Crippen LogP contribution < -0.4 is 5.73 Å². The summed E-state index contributed by atoms with van der Waals surface area (Å²) < 4.78 is 0. The molecule has 17 heavy (non-hydrogen) atoms. The highest BCUT2D eigenvalue weighted by Gasteiger charge is 2.24. The van der Waals surface area contributed by atoms with Gasteiger partial charge in [0.15, 0.2) is 0 Å². The van der Waals surface area contributed by atoms with Crippen LogP contribution in [0, 0.1) is 0 Å². The smallest absolute Gasteiger partial charge is 0.0868 e. The molecular weight excluding hydrogens is 259 g/mol. The fourth-order valence-electron chi connectivity index (χ4n) is 1.92. The van der Waals surface area contributed by atoms with Gasteiger partial charge in [-0.2, -0.15) is 0 Å². The second-order valence-electron chi connectivity index (χ2n) is 4.43. The predicted octanol–water partition coefficient (Wildman–Crippen LogP) is 3.35.